The molecule has 0 saturated carbocycles. The van der Waals surface area contributed by atoms with Crippen molar-refractivity contribution >= 4 is 5.91 Å². The molecule has 1 N–H and O–H groups in total. The third-order valence-electron chi connectivity index (χ3n) is 1.92. The van der Waals surface area contributed by atoms with Crippen molar-refractivity contribution in [2.24, 2.45) is 0 Å². The van der Waals surface area contributed by atoms with Crippen molar-refractivity contribution in [3.05, 3.63) is 29.8 Å². The maximum Gasteiger partial charge on any atom is 0.274 e. The first-order valence-electron chi connectivity index (χ1n) is 6.03. The Labute approximate surface area is 108 Å². The number of benzene rings is 1. The average Bonchev–Trinajstić information content (AvgIpc) is 2.24. The lowest BCUT2D eigenvalue weighted by atomic mass is 10.2. The molecular weight excluding hydrogens is 230 g/mol. The number of amides is 1. The molecule has 0 aliphatic carbocycles. The van der Waals surface area contributed by atoms with Gasteiger partial charge >= 0.3 is 0 Å². The zero-order valence-corrected chi connectivity index (χ0v) is 11.6. The predicted octanol–water partition coefficient (Wildman–Crippen LogP) is 2.93. The lowest BCUT2D eigenvalue weighted by Gasteiger charge is -2.19. The first-order chi connectivity index (χ1) is 8.28. The molecule has 1 aromatic rings. The maximum atomic E-state index is 11.8. The number of rotatable bonds is 4. The monoisotopic (exact) mass is 251 g/mol. The topological polar surface area (TPSA) is 47.6 Å². The standard InChI is InChI=1S/C14H21NO3/c1-10(2)17-12-8-6-7-11(9-12)13(16)15-18-14(3,4)5/h6-10H,1-5H3,(H,15,16). The summed E-state index contributed by atoms with van der Waals surface area (Å²) in [6, 6.07) is 7.01. The SMILES string of the molecule is CC(C)Oc1cccc(C(=O)NOC(C)(C)C)c1. The van der Waals surface area contributed by atoms with Gasteiger partial charge in [-0.15, -0.1) is 0 Å². The van der Waals surface area contributed by atoms with Gasteiger partial charge in [-0.05, 0) is 52.8 Å². The van der Waals surface area contributed by atoms with E-state index in [1.807, 2.05) is 40.7 Å². The van der Waals surface area contributed by atoms with Crippen molar-refractivity contribution in [2.45, 2.75) is 46.3 Å². The molecule has 0 saturated heterocycles. The van der Waals surface area contributed by atoms with Crippen LogP contribution in [0.15, 0.2) is 24.3 Å². The second-order valence-electron chi connectivity index (χ2n) is 5.34. The molecule has 1 aromatic carbocycles. The highest BCUT2D eigenvalue weighted by atomic mass is 16.7. The molecule has 0 atom stereocenters. The van der Waals surface area contributed by atoms with Gasteiger partial charge < -0.3 is 4.74 Å². The van der Waals surface area contributed by atoms with Crippen LogP contribution in [0.4, 0.5) is 0 Å². The Bertz CT molecular complexity index is 408. The van der Waals surface area contributed by atoms with Gasteiger partial charge in [0.1, 0.15) is 5.75 Å². The van der Waals surface area contributed by atoms with Gasteiger partial charge in [0.05, 0.1) is 11.7 Å². The van der Waals surface area contributed by atoms with E-state index in [4.69, 9.17) is 9.57 Å². The molecule has 0 aromatic heterocycles. The number of nitrogens with one attached hydrogen (secondary N) is 1. The van der Waals surface area contributed by atoms with E-state index >= 15 is 0 Å². The fourth-order valence-electron chi connectivity index (χ4n) is 1.24. The second kappa shape index (κ2) is 5.87. The zero-order valence-electron chi connectivity index (χ0n) is 11.6. The minimum absolute atomic E-state index is 0.0779. The fraction of sp³-hybridized carbons (Fsp3) is 0.500. The molecule has 1 amide bonds. The van der Waals surface area contributed by atoms with Crippen LogP contribution in [0.5, 0.6) is 5.75 Å². The first kappa shape index (κ1) is 14.5. The summed E-state index contributed by atoms with van der Waals surface area (Å²) in [5, 5.41) is 0. The summed E-state index contributed by atoms with van der Waals surface area (Å²) in [7, 11) is 0. The molecule has 0 fully saturated rings. The Morgan fingerprint density at radius 3 is 2.50 bits per heavy atom. The summed E-state index contributed by atoms with van der Waals surface area (Å²) >= 11 is 0. The molecule has 0 spiro atoms. The van der Waals surface area contributed by atoms with E-state index in [0.29, 0.717) is 11.3 Å². The highest BCUT2D eigenvalue weighted by molar-refractivity contribution is 5.93. The highest BCUT2D eigenvalue weighted by Gasteiger charge is 2.14. The lowest BCUT2D eigenvalue weighted by molar-refractivity contribution is -0.0589. The van der Waals surface area contributed by atoms with Crippen molar-refractivity contribution in [3.63, 3.8) is 0 Å². The molecule has 0 heterocycles. The Balaban J connectivity index is 2.68. The molecule has 0 radical (unpaired) electrons. The van der Waals surface area contributed by atoms with E-state index in [9.17, 15) is 4.79 Å². The van der Waals surface area contributed by atoms with Gasteiger partial charge in [0, 0.05) is 5.56 Å². The molecule has 4 nitrogen and oxygen atoms in total. The van der Waals surface area contributed by atoms with Crippen molar-refractivity contribution < 1.29 is 14.4 Å². The molecule has 0 unspecified atom stereocenters. The van der Waals surface area contributed by atoms with Gasteiger partial charge in [-0.25, -0.2) is 5.48 Å². The Hall–Kier alpha value is -1.55. The van der Waals surface area contributed by atoms with Crippen LogP contribution in [0.25, 0.3) is 0 Å². The number of carbonyl (C=O) groups is 1. The van der Waals surface area contributed by atoms with E-state index in [1.165, 1.54) is 0 Å². The van der Waals surface area contributed by atoms with Crippen molar-refractivity contribution in [1.29, 1.82) is 0 Å². The van der Waals surface area contributed by atoms with Gasteiger partial charge in [-0.2, -0.15) is 0 Å². The van der Waals surface area contributed by atoms with Crippen molar-refractivity contribution in [3.8, 4) is 5.75 Å². The van der Waals surface area contributed by atoms with Crippen LogP contribution in [-0.2, 0) is 4.84 Å². The summed E-state index contributed by atoms with van der Waals surface area (Å²) in [4.78, 5) is 17.1. The third kappa shape index (κ3) is 5.19. The quantitative estimate of drug-likeness (QED) is 0.837. The molecule has 4 heteroatoms. The smallest absolute Gasteiger partial charge is 0.274 e. The van der Waals surface area contributed by atoms with Crippen molar-refractivity contribution in [1.82, 2.24) is 5.48 Å². The minimum atomic E-state index is -0.415. The first-order valence-corrected chi connectivity index (χ1v) is 6.03. The van der Waals surface area contributed by atoms with E-state index in [0.717, 1.165) is 0 Å². The van der Waals surface area contributed by atoms with Gasteiger partial charge in [-0.1, -0.05) is 6.07 Å². The van der Waals surface area contributed by atoms with Gasteiger partial charge in [0.25, 0.3) is 5.91 Å². The molecule has 100 valence electrons. The largest absolute Gasteiger partial charge is 0.491 e. The second-order valence-corrected chi connectivity index (χ2v) is 5.34. The fourth-order valence-corrected chi connectivity index (χ4v) is 1.24. The summed E-state index contributed by atoms with van der Waals surface area (Å²) in [6.45, 7) is 9.48. The summed E-state index contributed by atoms with van der Waals surface area (Å²) in [6.07, 6.45) is 0.0779. The molecule has 18 heavy (non-hydrogen) atoms. The van der Waals surface area contributed by atoms with E-state index in [2.05, 4.69) is 5.48 Å². The molecule has 0 bridgehead atoms. The Morgan fingerprint density at radius 2 is 1.94 bits per heavy atom. The van der Waals surface area contributed by atoms with Crippen LogP contribution in [-0.4, -0.2) is 17.6 Å². The number of hydrogen-bond donors (Lipinski definition) is 1. The van der Waals surface area contributed by atoms with E-state index < -0.39 is 5.60 Å². The third-order valence-corrected chi connectivity index (χ3v) is 1.92. The van der Waals surface area contributed by atoms with Gasteiger partial charge in [0.15, 0.2) is 0 Å². The number of carbonyl (C=O) groups excluding carboxylic acids is 1. The van der Waals surface area contributed by atoms with E-state index in [-0.39, 0.29) is 12.0 Å². The molecule has 1 rings (SSSR count). The van der Waals surface area contributed by atoms with Gasteiger partial charge in [-0.3, -0.25) is 9.63 Å². The van der Waals surface area contributed by atoms with E-state index in [1.54, 1.807) is 18.2 Å². The summed E-state index contributed by atoms with van der Waals surface area (Å²) in [5.41, 5.74) is 2.52. The lowest BCUT2D eigenvalue weighted by Crippen LogP contribution is -2.33. The Kier molecular flexibility index (Phi) is 4.73. The van der Waals surface area contributed by atoms with Crippen LogP contribution in [0.2, 0.25) is 0 Å². The minimum Gasteiger partial charge on any atom is -0.491 e. The zero-order chi connectivity index (χ0) is 13.8. The average molecular weight is 251 g/mol. The molecule has 0 aliphatic rings. The summed E-state index contributed by atoms with van der Waals surface area (Å²) in [5.74, 6) is 0.396. The van der Waals surface area contributed by atoms with Crippen LogP contribution in [0.1, 0.15) is 45.0 Å². The van der Waals surface area contributed by atoms with Crippen LogP contribution < -0.4 is 10.2 Å². The maximum absolute atomic E-state index is 11.8. The van der Waals surface area contributed by atoms with Gasteiger partial charge in [0.2, 0.25) is 0 Å². The number of hydroxylamine groups is 1. The molecule has 0 aliphatic heterocycles. The predicted molar refractivity (Wildman–Crippen MR) is 70.5 cm³/mol. The Morgan fingerprint density at radius 1 is 1.28 bits per heavy atom. The number of hydrogen-bond acceptors (Lipinski definition) is 3. The number of ether oxygens (including phenoxy) is 1. The van der Waals surface area contributed by atoms with Crippen LogP contribution in [0.3, 0.4) is 0 Å². The normalized spacial score (nSPS) is 11.4. The van der Waals surface area contributed by atoms with Crippen LogP contribution >= 0.6 is 0 Å². The molecular formula is C14H21NO3. The van der Waals surface area contributed by atoms with Crippen molar-refractivity contribution in [2.75, 3.05) is 0 Å². The highest BCUT2D eigenvalue weighted by Crippen LogP contribution is 2.15. The van der Waals surface area contributed by atoms with Crippen LogP contribution in [0, 0.1) is 0 Å². The summed E-state index contributed by atoms with van der Waals surface area (Å²) < 4.78 is 5.53.